The number of amides is 1. The summed E-state index contributed by atoms with van der Waals surface area (Å²) in [4.78, 5) is 12.6. The zero-order valence-electron chi connectivity index (χ0n) is 12.8. The molecule has 0 unspecified atom stereocenters. The van der Waals surface area contributed by atoms with E-state index in [9.17, 15) is 13.6 Å². The third-order valence-electron chi connectivity index (χ3n) is 3.28. The molecule has 128 valence electrons. The number of benzene rings is 2. The maximum absolute atomic E-state index is 13.6. The third-order valence-corrected chi connectivity index (χ3v) is 4.51. The third kappa shape index (κ3) is 4.55. The van der Waals surface area contributed by atoms with Gasteiger partial charge < -0.3 is 10.1 Å². The van der Waals surface area contributed by atoms with Crippen molar-refractivity contribution in [2.45, 2.75) is 6.61 Å². The molecule has 0 aliphatic heterocycles. The first-order chi connectivity index (χ1) is 12.0. The second kappa shape index (κ2) is 7.63. The fraction of sp³-hybridized carbons (Fsp3) is 0.0556. The molecule has 0 radical (unpaired) electrons. The summed E-state index contributed by atoms with van der Waals surface area (Å²) in [6.45, 7) is 0.288. The van der Waals surface area contributed by atoms with Crippen LogP contribution < -0.4 is 10.1 Å². The largest absolute Gasteiger partial charge is 0.489 e. The lowest BCUT2D eigenvalue weighted by Crippen LogP contribution is -2.11. The molecule has 0 fully saturated rings. The van der Waals surface area contributed by atoms with E-state index in [1.54, 1.807) is 35.7 Å². The molecular formula is C18H12ClF2NO2S. The fourth-order valence-electron chi connectivity index (χ4n) is 2.04. The molecule has 3 rings (SSSR count). The summed E-state index contributed by atoms with van der Waals surface area (Å²) < 4.78 is 32.1. The van der Waals surface area contributed by atoms with Gasteiger partial charge in [-0.25, -0.2) is 8.78 Å². The molecule has 1 N–H and O–H groups in total. The minimum atomic E-state index is -0.823. The molecule has 0 bridgehead atoms. The normalized spacial score (nSPS) is 10.5. The van der Waals surface area contributed by atoms with Crippen molar-refractivity contribution in [1.29, 1.82) is 0 Å². The van der Waals surface area contributed by atoms with Gasteiger partial charge in [0, 0.05) is 16.7 Å². The number of anilines is 1. The monoisotopic (exact) mass is 379 g/mol. The van der Waals surface area contributed by atoms with E-state index in [0.717, 1.165) is 17.7 Å². The van der Waals surface area contributed by atoms with Crippen LogP contribution in [0.25, 0.3) is 0 Å². The molecule has 7 heteroatoms. The van der Waals surface area contributed by atoms with Gasteiger partial charge in [0.2, 0.25) is 0 Å². The van der Waals surface area contributed by atoms with Crippen LogP contribution in [-0.4, -0.2) is 5.91 Å². The van der Waals surface area contributed by atoms with E-state index in [1.165, 1.54) is 17.4 Å². The Morgan fingerprint density at radius 1 is 1.12 bits per heavy atom. The average Bonchev–Trinajstić information content (AvgIpc) is 3.06. The Kier molecular flexibility index (Phi) is 5.31. The highest BCUT2D eigenvalue weighted by molar-refractivity contribution is 7.12. The van der Waals surface area contributed by atoms with Crippen molar-refractivity contribution in [1.82, 2.24) is 0 Å². The Balaban J connectivity index is 1.62. The number of ether oxygens (including phenoxy) is 1. The molecule has 0 atom stereocenters. The summed E-state index contributed by atoms with van der Waals surface area (Å²) in [5.41, 5.74) is 0.739. The van der Waals surface area contributed by atoms with Crippen molar-refractivity contribution >= 4 is 34.5 Å². The highest BCUT2D eigenvalue weighted by atomic mass is 35.5. The summed E-state index contributed by atoms with van der Waals surface area (Å²) in [5, 5.41) is 4.83. The van der Waals surface area contributed by atoms with Gasteiger partial charge in [0.05, 0.1) is 10.6 Å². The highest BCUT2D eigenvalue weighted by Crippen LogP contribution is 2.21. The fourth-order valence-corrected chi connectivity index (χ4v) is 2.96. The van der Waals surface area contributed by atoms with Gasteiger partial charge in [0.1, 0.15) is 24.0 Å². The molecule has 0 aliphatic carbocycles. The summed E-state index contributed by atoms with van der Waals surface area (Å²) in [6.07, 6.45) is 0. The zero-order chi connectivity index (χ0) is 17.8. The first-order valence-electron chi connectivity index (χ1n) is 7.23. The Morgan fingerprint density at radius 3 is 2.60 bits per heavy atom. The smallest absolute Gasteiger partial charge is 0.265 e. The van der Waals surface area contributed by atoms with Gasteiger partial charge in [-0.1, -0.05) is 11.6 Å². The Bertz CT molecular complexity index is 896. The van der Waals surface area contributed by atoms with E-state index in [2.05, 4.69) is 5.32 Å². The van der Waals surface area contributed by atoms with Gasteiger partial charge in [0.15, 0.2) is 0 Å². The van der Waals surface area contributed by atoms with Crippen molar-refractivity contribution < 1.29 is 18.3 Å². The lowest BCUT2D eigenvalue weighted by molar-refractivity contribution is 0.103. The van der Waals surface area contributed by atoms with Crippen molar-refractivity contribution in [3.8, 4) is 5.75 Å². The van der Waals surface area contributed by atoms with Gasteiger partial charge in [-0.15, -0.1) is 11.3 Å². The van der Waals surface area contributed by atoms with Crippen LogP contribution >= 0.6 is 22.9 Å². The molecule has 0 spiro atoms. The Hall–Kier alpha value is -2.44. The quantitative estimate of drug-likeness (QED) is 0.634. The van der Waals surface area contributed by atoms with Crippen LogP contribution in [0.4, 0.5) is 14.5 Å². The lowest BCUT2D eigenvalue weighted by atomic mass is 10.2. The first kappa shape index (κ1) is 17.4. The number of carbonyl (C=O) groups is 1. The van der Waals surface area contributed by atoms with E-state index in [4.69, 9.17) is 16.3 Å². The summed E-state index contributed by atoms with van der Waals surface area (Å²) in [7, 11) is 0. The van der Waals surface area contributed by atoms with Crippen LogP contribution in [0.15, 0.2) is 53.9 Å². The maximum Gasteiger partial charge on any atom is 0.265 e. The Labute approximate surface area is 151 Å². The number of hydrogen-bond acceptors (Lipinski definition) is 3. The number of hydrogen-bond donors (Lipinski definition) is 1. The predicted octanol–water partition coefficient (Wildman–Crippen LogP) is 5.51. The van der Waals surface area contributed by atoms with E-state index in [-0.39, 0.29) is 12.3 Å². The van der Waals surface area contributed by atoms with E-state index in [0.29, 0.717) is 15.6 Å². The van der Waals surface area contributed by atoms with Crippen molar-refractivity contribution in [3.63, 3.8) is 0 Å². The topological polar surface area (TPSA) is 38.3 Å². The highest BCUT2D eigenvalue weighted by Gasteiger charge is 2.12. The van der Waals surface area contributed by atoms with E-state index < -0.39 is 17.5 Å². The van der Waals surface area contributed by atoms with Gasteiger partial charge in [0.25, 0.3) is 5.91 Å². The minimum Gasteiger partial charge on any atom is -0.489 e. The summed E-state index contributed by atoms with van der Waals surface area (Å²) in [6, 6.07) is 11.6. The standard InChI is InChI=1S/C18H12ClF2NO2S/c19-12-1-4-14(5-2-12)24-9-11-7-17(25-10-11)18(23)22-16-6-3-13(20)8-15(16)21/h1-8,10H,9H2,(H,22,23). The van der Waals surface area contributed by atoms with Crippen LogP contribution in [0, 0.1) is 11.6 Å². The molecule has 0 aliphatic rings. The molecule has 1 aromatic heterocycles. The minimum absolute atomic E-state index is 0.0706. The Morgan fingerprint density at radius 2 is 1.88 bits per heavy atom. The summed E-state index contributed by atoms with van der Waals surface area (Å²) >= 11 is 7.02. The van der Waals surface area contributed by atoms with Crippen molar-refractivity contribution in [2.75, 3.05) is 5.32 Å². The second-order valence-corrected chi connectivity index (χ2v) is 6.49. The van der Waals surface area contributed by atoms with Gasteiger partial charge in [-0.05, 0) is 47.8 Å². The SMILES string of the molecule is O=C(Nc1ccc(F)cc1F)c1cc(COc2ccc(Cl)cc2)cs1. The second-order valence-electron chi connectivity index (χ2n) is 5.14. The van der Waals surface area contributed by atoms with Crippen molar-refractivity contribution in [3.05, 3.63) is 81.0 Å². The lowest BCUT2D eigenvalue weighted by Gasteiger charge is -2.05. The molecule has 2 aromatic carbocycles. The van der Waals surface area contributed by atoms with E-state index >= 15 is 0 Å². The summed E-state index contributed by atoms with van der Waals surface area (Å²) in [5.74, 6) is -1.33. The average molecular weight is 380 g/mol. The van der Waals surface area contributed by atoms with Gasteiger partial charge in [-0.2, -0.15) is 0 Å². The number of carbonyl (C=O) groups excluding carboxylic acids is 1. The maximum atomic E-state index is 13.6. The van der Waals surface area contributed by atoms with Gasteiger partial charge >= 0.3 is 0 Å². The first-order valence-corrected chi connectivity index (χ1v) is 8.49. The van der Waals surface area contributed by atoms with Gasteiger partial charge in [-0.3, -0.25) is 4.79 Å². The number of halogens is 3. The number of thiophene rings is 1. The molecule has 1 heterocycles. The van der Waals surface area contributed by atoms with Crippen LogP contribution in [-0.2, 0) is 6.61 Å². The van der Waals surface area contributed by atoms with Crippen LogP contribution in [0.1, 0.15) is 15.2 Å². The number of rotatable bonds is 5. The van der Waals surface area contributed by atoms with Crippen LogP contribution in [0.2, 0.25) is 5.02 Å². The molecular weight excluding hydrogens is 368 g/mol. The number of nitrogens with one attached hydrogen (secondary N) is 1. The molecule has 0 saturated carbocycles. The predicted molar refractivity (Wildman–Crippen MR) is 94.4 cm³/mol. The van der Waals surface area contributed by atoms with E-state index in [1.807, 2.05) is 0 Å². The zero-order valence-corrected chi connectivity index (χ0v) is 14.3. The molecule has 25 heavy (non-hydrogen) atoms. The van der Waals surface area contributed by atoms with Crippen LogP contribution in [0.3, 0.4) is 0 Å². The molecule has 1 amide bonds. The van der Waals surface area contributed by atoms with Crippen molar-refractivity contribution in [2.24, 2.45) is 0 Å². The molecule has 3 aromatic rings. The molecule has 0 saturated heterocycles. The molecule has 3 nitrogen and oxygen atoms in total. The van der Waals surface area contributed by atoms with Crippen LogP contribution in [0.5, 0.6) is 5.75 Å².